The fourth-order valence-electron chi connectivity index (χ4n) is 2.51. The van der Waals surface area contributed by atoms with E-state index in [-0.39, 0.29) is 6.04 Å². The lowest BCUT2D eigenvalue weighted by Crippen LogP contribution is -2.32. The predicted molar refractivity (Wildman–Crippen MR) is 79.5 cm³/mol. The van der Waals surface area contributed by atoms with Crippen molar-refractivity contribution in [3.8, 4) is 0 Å². The van der Waals surface area contributed by atoms with Crippen molar-refractivity contribution >= 4 is 11.6 Å². The Morgan fingerprint density at radius 3 is 3.16 bits per heavy atom. The highest BCUT2D eigenvalue weighted by atomic mass is 35.5. The predicted octanol–water partition coefficient (Wildman–Crippen LogP) is 2.84. The minimum atomic E-state index is 0.0539. The van der Waals surface area contributed by atoms with Gasteiger partial charge in [-0.3, -0.25) is 0 Å². The Morgan fingerprint density at radius 2 is 2.37 bits per heavy atom. The zero-order valence-corrected chi connectivity index (χ0v) is 12.3. The van der Waals surface area contributed by atoms with Gasteiger partial charge < -0.3 is 15.4 Å². The molecule has 19 heavy (non-hydrogen) atoms. The molecule has 3 nitrogen and oxygen atoms in total. The van der Waals surface area contributed by atoms with Crippen LogP contribution in [-0.2, 0) is 4.74 Å². The summed E-state index contributed by atoms with van der Waals surface area (Å²) in [5.74, 6) is 0. The van der Waals surface area contributed by atoms with E-state index in [4.69, 9.17) is 22.1 Å². The molecule has 1 saturated heterocycles. The van der Waals surface area contributed by atoms with Gasteiger partial charge in [0.05, 0.1) is 6.10 Å². The van der Waals surface area contributed by atoms with Gasteiger partial charge >= 0.3 is 0 Å². The number of nitrogens with zero attached hydrogens (tertiary/aromatic N) is 1. The van der Waals surface area contributed by atoms with Crippen LogP contribution in [0, 0.1) is 0 Å². The average molecular weight is 283 g/mol. The van der Waals surface area contributed by atoms with E-state index in [2.05, 4.69) is 11.8 Å². The standard InChI is InChI=1S/C15H23ClN2O/c1-12-11-18(7-3-9-19-12)8-6-15(17)13-4-2-5-14(16)10-13/h2,4-5,10,12,15H,3,6-9,11,17H2,1H3. The monoisotopic (exact) mass is 282 g/mol. The fraction of sp³-hybridized carbons (Fsp3) is 0.600. The van der Waals surface area contributed by atoms with Crippen molar-refractivity contribution < 1.29 is 4.74 Å². The summed E-state index contributed by atoms with van der Waals surface area (Å²) in [6.07, 6.45) is 2.38. The molecule has 1 aromatic rings. The maximum Gasteiger partial charge on any atom is 0.0673 e. The first-order valence-corrected chi connectivity index (χ1v) is 7.38. The molecule has 1 heterocycles. The Bertz CT molecular complexity index is 399. The van der Waals surface area contributed by atoms with Crippen LogP contribution in [0.15, 0.2) is 24.3 Å². The maximum absolute atomic E-state index is 6.24. The first-order valence-electron chi connectivity index (χ1n) is 7.00. The minimum absolute atomic E-state index is 0.0539. The van der Waals surface area contributed by atoms with Gasteiger partial charge in [-0.2, -0.15) is 0 Å². The van der Waals surface area contributed by atoms with Gasteiger partial charge in [-0.05, 0) is 37.5 Å². The molecule has 0 amide bonds. The third-order valence-corrected chi connectivity index (χ3v) is 3.80. The van der Waals surface area contributed by atoms with Crippen molar-refractivity contribution in [2.75, 3.05) is 26.2 Å². The average Bonchev–Trinajstić information content (AvgIpc) is 2.60. The van der Waals surface area contributed by atoms with Gasteiger partial charge in [-0.1, -0.05) is 23.7 Å². The summed E-state index contributed by atoms with van der Waals surface area (Å²) < 4.78 is 5.65. The van der Waals surface area contributed by atoms with E-state index in [1.807, 2.05) is 24.3 Å². The molecule has 2 unspecified atom stereocenters. The van der Waals surface area contributed by atoms with Crippen LogP contribution in [-0.4, -0.2) is 37.2 Å². The van der Waals surface area contributed by atoms with Gasteiger partial charge in [0.1, 0.15) is 0 Å². The molecular weight excluding hydrogens is 260 g/mol. The summed E-state index contributed by atoms with van der Waals surface area (Å²) in [7, 11) is 0. The molecule has 1 aromatic carbocycles. The van der Waals surface area contributed by atoms with Crippen LogP contribution in [0.1, 0.15) is 31.4 Å². The molecule has 0 bridgehead atoms. The topological polar surface area (TPSA) is 38.5 Å². The highest BCUT2D eigenvalue weighted by Crippen LogP contribution is 2.19. The molecule has 0 radical (unpaired) electrons. The van der Waals surface area contributed by atoms with E-state index >= 15 is 0 Å². The molecule has 1 aliphatic rings. The van der Waals surface area contributed by atoms with Gasteiger partial charge in [-0.25, -0.2) is 0 Å². The first kappa shape index (κ1) is 14.8. The molecule has 2 rings (SSSR count). The Balaban J connectivity index is 1.84. The summed E-state index contributed by atoms with van der Waals surface area (Å²) >= 11 is 6.00. The number of hydrogen-bond donors (Lipinski definition) is 1. The van der Waals surface area contributed by atoms with Crippen molar-refractivity contribution in [1.82, 2.24) is 4.90 Å². The van der Waals surface area contributed by atoms with E-state index in [9.17, 15) is 0 Å². The summed E-state index contributed by atoms with van der Waals surface area (Å²) in [4.78, 5) is 2.45. The van der Waals surface area contributed by atoms with Gasteiger partial charge in [0.2, 0.25) is 0 Å². The van der Waals surface area contributed by atoms with Crippen LogP contribution in [0.2, 0.25) is 5.02 Å². The van der Waals surface area contributed by atoms with Crippen LogP contribution in [0.25, 0.3) is 0 Å². The van der Waals surface area contributed by atoms with Crippen molar-refractivity contribution in [2.45, 2.75) is 31.9 Å². The number of benzene rings is 1. The highest BCUT2D eigenvalue weighted by molar-refractivity contribution is 6.30. The molecule has 4 heteroatoms. The van der Waals surface area contributed by atoms with Crippen LogP contribution in [0.4, 0.5) is 0 Å². The molecule has 0 aromatic heterocycles. The van der Waals surface area contributed by atoms with Crippen molar-refractivity contribution in [3.05, 3.63) is 34.9 Å². The second kappa shape index (κ2) is 7.25. The van der Waals surface area contributed by atoms with E-state index in [1.54, 1.807) is 0 Å². The lowest BCUT2D eigenvalue weighted by molar-refractivity contribution is 0.0674. The third-order valence-electron chi connectivity index (χ3n) is 3.57. The van der Waals surface area contributed by atoms with Crippen molar-refractivity contribution in [3.63, 3.8) is 0 Å². The normalized spacial score (nSPS) is 23.0. The van der Waals surface area contributed by atoms with Crippen LogP contribution < -0.4 is 5.73 Å². The number of rotatable bonds is 4. The molecule has 1 fully saturated rings. The zero-order chi connectivity index (χ0) is 13.7. The summed E-state index contributed by atoms with van der Waals surface area (Å²) in [6.45, 7) is 6.13. The van der Waals surface area contributed by atoms with Gasteiger partial charge in [0.15, 0.2) is 0 Å². The van der Waals surface area contributed by atoms with Crippen LogP contribution in [0.5, 0.6) is 0 Å². The summed E-state index contributed by atoms with van der Waals surface area (Å²) in [5.41, 5.74) is 7.36. The Morgan fingerprint density at radius 1 is 1.53 bits per heavy atom. The molecular formula is C15H23ClN2O. The minimum Gasteiger partial charge on any atom is -0.377 e. The third kappa shape index (κ3) is 4.77. The largest absolute Gasteiger partial charge is 0.377 e. The lowest BCUT2D eigenvalue weighted by atomic mass is 10.0. The number of nitrogens with two attached hydrogens (primary N) is 1. The van der Waals surface area contributed by atoms with Crippen molar-refractivity contribution in [1.29, 1.82) is 0 Å². The van der Waals surface area contributed by atoms with E-state index in [0.29, 0.717) is 6.10 Å². The Labute approximate surface area is 120 Å². The summed E-state index contributed by atoms with van der Waals surface area (Å²) in [5, 5.41) is 0.754. The van der Waals surface area contributed by atoms with Gasteiger partial charge in [-0.15, -0.1) is 0 Å². The number of halogens is 1. The Kier molecular flexibility index (Phi) is 5.64. The molecule has 106 valence electrons. The molecule has 2 N–H and O–H groups in total. The lowest BCUT2D eigenvalue weighted by Gasteiger charge is -2.23. The quantitative estimate of drug-likeness (QED) is 0.923. The van der Waals surface area contributed by atoms with Crippen LogP contribution >= 0.6 is 11.6 Å². The fourth-order valence-corrected chi connectivity index (χ4v) is 2.71. The second-order valence-corrected chi connectivity index (χ2v) is 5.72. The second-order valence-electron chi connectivity index (χ2n) is 5.29. The molecule has 2 atom stereocenters. The Hall–Kier alpha value is -0.610. The summed E-state index contributed by atoms with van der Waals surface area (Å²) in [6, 6.07) is 7.90. The molecule has 0 saturated carbocycles. The molecule has 0 spiro atoms. The van der Waals surface area contributed by atoms with E-state index in [1.165, 1.54) is 0 Å². The smallest absolute Gasteiger partial charge is 0.0673 e. The number of ether oxygens (including phenoxy) is 1. The van der Waals surface area contributed by atoms with Crippen molar-refractivity contribution in [2.24, 2.45) is 5.73 Å². The maximum atomic E-state index is 6.24. The van der Waals surface area contributed by atoms with Crippen LogP contribution in [0.3, 0.4) is 0 Å². The molecule has 1 aliphatic heterocycles. The van der Waals surface area contributed by atoms with E-state index in [0.717, 1.165) is 49.7 Å². The zero-order valence-electron chi connectivity index (χ0n) is 11.5. The SMILES string of the molecule is CC1CN(CCC(N)c2cccc(Cl)c2)CCCO1. The first-order chi connectivity index (χ1) is 9.15. The van der Waals surface area contributed by atoms with Gasteiger partial charge in [0, 0.05) is 37.3 Å². The van der Waals surface area contributed by atoms with E-state index < -0.39 is 0 Å². The molecule has 0 aliphatic carbocycles. The highest BCUT2D eigenvalue weighted by Gasteiger charge is 2.16. The van der Waals surface area contributed by atoms with Gasteiger partial charge in [0.25, 0.3) is 0 Å². The number of hydrogen-bond acceptors (Lipinski definition) is 3.